The molecule has 0 aromatic heterocycles. The van der Waals surface area contributed by atoms with Gasteiger partial charge in [0.15, 0.2) is 0 Å². The van der Waals surface area contributed by atoms with Crippen LogP contribution >= 0.6 is 0 Å². The van der Waals surface area contributed by atoms with Crippen LogP contribution in [0.1, 0.15) is 26.2 Å². The molecule has 4 heteroatoms. The molecular weight excluding hydrogens is 158 g/mol. The predicted octanol–water partition coefficient (Wildman–Crippen LogP) is 0.376. The topological polar surface area (TPSA) is 66.4 Å². The molecule has 1 fully saturated rings. The van der Waals surface area contributed by atoms with Crippen LogP contribution < -0.4 is 5.32 Å². The summed E-state index contributed by atoms with van der Waals surface area (Å²) in [4.78, 5) is 21.2. The number of carbonyl (C=O) groups excluding carboxylic acids is 1. The summed E-state index contributed by atoms with van der Waals surface area (Å²) in [7, 11) is 0. The predicted molar refractivity (Wildman–Crippen MR) is 42.6 cm³/mol. The van der Waals surface area contributed by atoms with Gasteiger partial charge >= 0.3 is 5.97 Å². The van der Waals surface area contributed by atoms with E-state index in [1.54, 1.807) is 0 Å². The monoisotopic (exact) mass is 171 g/mol. The van der Waals surface area contributed by atoms with E-state index in [9.17, 15) is 9.59 Å². The average Bonchev–Trinajstić information content (AvgIpc) is 2.00. The standard InChI is InChI=1S/C8H13NO3/c1-2-3-6-5(4-7(10)11)8(12)9-6/h5-6H,2-4H2,1H3,(H,9,12)(H,10,11)/t5?,6-/m0/s1. The second-order valence-corrected chi connectivity index (χ2v) is 3.11. The largest absolute Gasteiger partial charge is 0.481 e. The van der Waals surface area contributed by atoms with Crippen molar-refractivity contribution in [3.05, 3.63) is 0 Å². The van der Waals surface area contributed by atoms with Crippen LogP contribution in [0.15, 0.2) is 0 Å². The Labute approximate surface area is 71.0 Å². The number of hydrogen-bond donors (Lipinski definition) is 2. The van der Waals surface area contributed by atoms with Crippen LogP contribution in [0.4, 0.5) is 0 Å². The number of hydrogen-bond acceptors (Lipinski definition) is 2. The van der Waals surface area contributed by atoms with E-state index in [4.69, 9.17) is 5.11 Å². The summed E-state index contributed by atoms with van der Waals surface area (Å²) in [6.45, 7) is 2.02. The van der Waals surface area contributed by atoms with Gasteiger partial charge in [-0.2, -0.15) is 0 Å². The third-order valence-electron chi connectivity index (χ3n) is 2.14. The first-order chi connectivity index (χ1) is 5.65. The van der Waals surface area contributed by atoms with Crippen LogP contribution in [-0.2, 0) is 9.59 Å². The summed E-state index contributed by atoms with van der Waals surface area (Å²) in [5.41, 5.74) is 0. The highest BCUT2D eigenvalue weighted by Crippen LogP contribution is 2.22. The van der Waals surface area contributed by atoms with Crippen LogP contribution in [0.5, 0.6) is 0 Å². The van der Waals surface area contributed by atoms with E-state index in [1.807, 2.05) is 6.92 Å². The molecule has 0 aliphatic carbocycles. The van der Waals surface area contributed by atoms with Crippen molar-refractivity contribution in [2.45, 2.75) is 32.2 Å². The fourth-order valence-corrected chi connectivity index (χ4v) is 1.48. The Morgan fingerprint density at radius 2 is 2.33 bits per heavy atom. The molecule has 68 valence electrons. The molecule has 0 spiro atoms. The first-order valence-electron chi connectivity index (χ1n) is 4.17. The second-order valence-electron chi connectivity index (χ2n) is 3.11. The van der Waals surface area contributed by atoms with Gasteiger partial charge in [-0.05, 0) is 6.42 Å². The molecule has 2 N–H and O–H groups in total. The molecule has 0 bridgehead atoms. The number of rotatable bonds is 4. The molecule has 0 saturated carbocycles. The summed E-state index contributed by atoms with van der Waals surface area (Å²) >= 11 is 0. The van der Waals surface area contributed by atoms with Gasteiger partial charge < -0.3 is 10.4 Å². The molecule has 1 unspecified atom stereocenters. The number of nitrogens with one attached hydrogen (secondary N) is 1. The quantitative estimate of drug-likeness (QED) is 0.601. The second kappa shape index (κ2) is 3.56. The van der Waals surface area contributed by atoms with Gasteiger partial charge in [-0.15, -0.1) is 0 Å². The van der Waals surface area contributed by atoms with Gasteiger partial charge in [0.05, 0.1) is 12.3 Å². The lowest BCUT2D eigenvalue weighted by Gasteiger charge is -2.35. The molecule has 2 atom stereocenters. The SMILES string of the molecule is CCC[C@@H]1NC(=O)C1CC(=O)O. The molecule has 4 nitrogen and oxygen atoms in total. The summed E-state index contributed by atoms with van der Waals surface area (Å²) in [5, 5.41) is 11.2. The Kier molecular flexibility index (Phi) is 2.68. The highest BCUT2D eigenvalue weighted by molar-refractivity contribution is 5.89. The molecule has 1 aliphatic heterocycles. The van der Waals surface area contributed by atoms with Crippen LogP contribution in [0, 0.1) is 5.92 Å². The molecule has 0 aromatic carbocycles. The average molecular weight is 171 g/mol. The summed E-state index contributed by atoms with van der Waals surface area (Å²) in [6, 6.07) is 0.0959. The van der Waals surface area contributed by atoms with Crippen LogP contribution in [0.25, 0.3) is 0 Å². The van der Waals surface area contributed by atoms with E-state index in [0.717, 1.165) is 12.8 Å². The van der Waals surface area contributed by atoms with E-state index in [1.165, 1.54) is 0 Å². The number of carboxylic acid groups (broad SMARTS) is 1. The van der Waals surface area contributed by atoms with Gasteiger partial charge in [0.25, 0.3) is 0 Å². The third kappa shape index (κ3) is 1.75. The molecule has 0 radical (unpaired) electrons. The lowest BCUT2D eigenvalue weighted by Crippen LogP contribution is -2.58. The molecule has 1 heterocycles. The molecule has 1 saturated heterocycles. The van der Waals surface area contributed by atoms with Crippen molar-refractivity contribution in [3.8, 4) is 0 Å². The van der Waals surface area contributed by atoms with Crippen molar-refractivity contribution in [2.24, 2.45) is 5.92 Å². The molecule has 1 rings (SSSR count). The third-order valence-corrected chi connectivity index (χ3v) is 2.14. The van der Waals surface area contributed by atoms with Crippen molar-refractivity contribution >= 4 is 11.9 Å². The first-order valence-corrected chi connectivity index (χ1v) is 4.17. The Balaban J connectivity index is 2.39. The highest BCUT2D eigenvalue weighted by Gasteiger charge is 2.39. The maximum Gasteiger partial charge on any atom is 0.304 e. The van der Waals surface area contributed by atoms with Gasteiger partial charge in [0.1, 0.15) is 0 Å². The zero-order valence-corrected chi connectivity index (χ0v) is 7.04. The Morgan fingerprint density at radius 1 is 1.67 bits per heavy atom. The van der Waals surface area contributed by atoms with E-state index >= 15 is 0 Å². The Hall–Kier alpha value is -1.06. The number of β-lactam (4-membered cyclic amide) rings is 1. The normalized spacial score (nSPS) is 27.6. The molecule has 1 amide bonds. The number of carboxylic acids is 1. The minimum Gasteiger partial charge on any atom is -0.481 e. The Morgan fingerprint density at radius 3 is 2.75 bits per heavy atom. The minimum atomic E-state index is -0.893. The van der Waals surface area contributed by atoms with Gasteiger partial charge in [-0.1, -0.05) is 13.3 Å². The van der Waals surface area contributed by atoms with Crippen molar-refractivity contribution in [1.82, 2.24) is 5.32 Å². The van der Waals surface area contributed by atoms with Crippen molar-refractivity contribution in [2.75, 3.05) is 0 Å². The molecule has 0 aromatic rings. The van der Waals surface area contributed by atoms with E-state index < -0.39 is 5.97 Å². The fraction of sp³-hybridized carbons (Fsp3) is 0.750. The molecular formula is C8H13NO3. The van der Waals surface area contributed by atoms with Crippen LogP contribution in [0.2, 0.25) is 0 Å². The lowest BCUT2D eigenvalue weighted by atomic mass is 9.85. The summed E-state index contributed by atoms with van der Waals surface area (Å²) < 4.78 is 0. The number of aliphatic carboxylic acids is 1. The number of amides is 1. The van der Waals surface area contributed by atoms with E-state index in [-0.39, 0.29) is 24.3 Å². The zero-order chi connectivity index (χ0) is 9.14. The smallest absolute Gasteiger partial charge is 0.304 e. The molecule has 12 heavy (non-hydrogen) atoms. The van der Waals surface area contributed by atoms with Gasteiger partial charge in [0.2, 0.25) is 5.91 Å². The van der Waals surface area contributed by atoms with Crippen molar-refractivity contribution in [3.63, 3.8) is 0 Å². The van der Waals surface area contributed by atoms with Crippen LogP contribution in [0.3, 0.4) is 0 Å². The minimum absolute atomic E-state index is 0.0312. The Bertz CT molecular complexity index is 202. The summed E-state index contributed by atoms with van der Waals surface area (Å²) in [6.07, 6.45) is 1.82. The maximum absolute atomic E-state index is 10.9. The van der Waals surface area contributed by atoms with E-state index in [2.05, 4.69) is 5.32 Å². The number of carbonyl (C=O) groups is 2. The van der Waals surface area contributed by atoms with Crippen molar-refractivity contribution in [1.29, 1.82) is 0 Å². The van der Waals surface area contributed by atoms with Gasteiger partial charge in [-0.25, -0.2) is 0 Å². The zero-order valence-electron chi connectivity index (χ0n) is 7.04. The van der Waals surface area contributed by atoms with E-state index in [0.29, 0.717) is 0 Å². The maximum atomic E-state index is 10.9. The first kappa shape index (κ1) is 9.03. The van der Waals surface area contributed by atoms with Gasteiger partial charge in [-0.3, -0.25) is 9.59 Å². The van der Waals surface area contributed by atoms with Crippen molar-refractivity contribution < 1.29 is 14.7 Å². The molecule has 1 aliphatic rings. The fourth-order valence-electron chi connectivity index (χ4n) is 1.48. The van der Waals surface area contributed by atoms with Gasteiger partial charge in [0, 0.05) is 6.04 Å². The summed E-state index contributed by atoms with van der Waals surface area (Å²) in [5.74, 6) is -1.30. The highest BCUT2D eigenvalue weighted by atomic mass is 16.4. The lowest BCUT2D eigenvalue weighted by molar-refractivity contribution is -0.146. The van der Waals surface area contributed by atoms with Crippen LogP contribution in [-0.4, -0.2) is 23.0 Å².